The second kappa shape index (κ2) is 10.9. The Labute approximate surface area is 220 Å². The molecule has 0 unspecified atom stereocenters. The monoisotopic (exact) mass is 516 g/mol. The van der Waals surface area contributed by atoms with Gasteiger partial charge in [-0.25, -0.2) is 24.9 Å². The summed E-state index contributed by atoms with van der Waals surface area (Å²) in [4.78, 5) is 42.5. The van der Waals surface area contributed by atoms with Crippen molar-refractivity contribution in [1.29, 1.82) is 0 Å². The predicted octanol–water partition coefficient (Wildman–Crippen LogP) is 5.31. The Morgan fingerprint density at radius 3 is 2.65 bits per heavy atom. The normalized spacial score (nSPS) is 14.2. The number of anilines is 1. The highest BCUT2D eigenvalue weighted by molar-refractivity contribution is 7.99. The molecule has 192 valence electrons. The fourth-order valence-corrected chi connectivity index (χ4v) is 5.19. The molecular weight excluding hydrogens is 484 g/mol. The molecule has 0 saturated heterocycles. The summed E-state index contributed by atoms with van der Waals surface area (Å²) in [5.74, 6) is 2.24. The molecule has 1 saturated carbocycles. The van der Waals surface area contributed by atoms with E-state index in [9.17, 15) is 4.79 Å². The van der Waals surface area contributed by atoms with Crippen LogP contribution in [-0.4, -0.2) is 40.2 Å². The Bertz CT molecular complexity index is 1470. The molecule has 0 aliphatic heterocycles. The summed E-state index contributed by atoms with van der Waals surface area (Å²) in [6.07, 6.45) is 9.19. The van der Waals surface area contributed by atoms with Crippen LogP contribution in [0.4, 0.5) is 5.82 Å². The summed E-state index contributed by atoms with van der Waals surface area (Å²) in [6, 6.07) is 3.97. The van der Waals surface area contributed by atoms with Crippen LogP contribution in [0.3, 0.4) is 0 Å². The lowest BCUT2D eigenvalue weighted by molar-refractivity contribution is 0.497. The van der Waals surface area contributed by atoms with Gasteiger partial charge in [0.2, 0.25) is 0 Å². The van der Waals surface area contributed by atoms with Crippen LogP contribution >= 0.6 is 11.8 Å². The van der Waals surface area contributed by atoms with Crippen molar-refractivity contribution in [2.24, 2.45) is 0 Å². The standard InChI is InChI=1S/C27H32N8OS/c1-5-7-16(3)35-26-21(14-30-24(34-26)22-17(4)31-15-32-23(22)18-8-9-18)33-25(27(35)36)29-12-19-10-11-20(13-28-19)37-6-2/h10-11,13-16,18H,5-9,12H2,1-4H3,(H,29,33)/t16-/m1/s1. The molecular formula is C27H32N8OS. The molecule has 1 aliphatic rings. The van der Waals surface area contributed by atoms with E-state index in [1.165, 1.54) is 0 Å². The van der Waals surface area contributed by atoms with E-state index >= 15 is 0 Å². The van der Waals surface area contributed by atoms with Crippen LogP contribution in [0.15, 0.2) is 40.5 Å². The van der Waals surface area contributed by atoms with E-state index in [0.717, 1.165) is 59.0 Å². The van der Waals surface area contributed by atoms with Gasteiger partial charge < -0.3 is 5.32 Å². The highest BCUT2D eigenvalue weighted by atomic mass is 32.2. The lowest BCUT2D eigenvalue weighted by atomic mass is 10.1. The quantitative estimate of drug-likeness (QED) is 0.280. The number of aryl methyl sites for hydroxylation is 1. The van der Waals surface area contributed by atoms with Gasteiger partial charge in [0.25, 0.3) is 5.56 Å². The van der Waals surface area contributed by atoms with Crippen molar-refractivity contribution in [3.8, 4) is 11.4 Å². The summed E-state index contributed by atoms with van der Waals surface area (Å²) in [5.41, 5.74) is 4.45. The van der Waals surface area contributed by atoms with E-state index in [4.69, 9.17) is 4.98 Å². The molecule has 5 rings (SSSR count). The molecule has 0 aromatic carbocycles. The van der Waals surface area contributed by atoms with Gasteiger partial charge >= 0.3 is 0 Å². The summed E-state index contributed by atoms with van der Waals surface area (Å²) < 4.78 is 1.75. The molecule has 10 heteroatoms. The van der Waals surface area contributed by atoms with Crippen molar-refractivity contribution in [2.75, 3.05) is 11.1 Å². The van der Waals surface area contributed by atoms with Gasteiger partial charge in [0.1, 0.15) is 11.8 Å². The van der Waals surface area contributed by atoms with Crippen LogP contribution in [0.25, 0.3) is 22.6 Å². The molecule has 37 heavy (non-hydrogen) atoms. The maximum Gasteiger partial charge on any atom is 0.295 e. The van der Waals surface area contributed by atoms with Gasteiger partial charge in [0.15, 0.2) is 17.3 Å². The van der Waals surface area contributed by atoms with Crippen LogP contribution in [0.5, 0.6) is 0 Å². The zero-order chi connectivity index (χ0) is 25.9. The fourth-order valence-electron chi connectivity index (χ4n) is 4.57. The van der Waals surface area contributed by atoms with Crippen molar-refractivity contribution < 1.29 is 0 Å². The average Bonchev–Trinajstić information content (AvgIpc) is 3.74. The maximum atomic E-state index is 13.7. The van der Waals surface area contributed by atoms with Gasteiger partial charge in [0.05, 0.1) is 35.4 Å². The number of hydrogen-bond acceptors (Lipinski definition) is 9. The summed E-state index contributed by atoms with van der Waals surface area (Å²) in [7, 11) is 0. The average molecular weight is 517 g/mol. The van der Waals surface area contributed by atoms with E-state index in [-0.39, 0.29) is 17.4 Å². The third-order valence-electron chi connectivity index (χ3n) is 6.58. The van der Waals surface area contributed by atoms with E-state index in [1.807, 2.05) is 32.2 Å². The molecule has 0 amide bonds. The van der Waals surface area contributed by atoms with Gasteiger partial charge in [0, 0.05) is 23.1 Å². The molecule has 1 atom stereocenters. The number of aromatic nitrogens is 7. The zero-order valence-electron chi connectivity index (χ0n) is 21.7. The molecule has 9 nitrogen and oxygen atoms in total. The van der Waals surface area contributed by atoms with Crippen molar-refractivity contribution >= 4 is 28.7 Å². The van der Waals surface area contributed by atoms with Gasteiger partial charge in [-0.2, -0.15) is 0 Å². The Kier molecular flexibility index (Phi) is 7.45. The number of fused-ring (bicyclic) bond motifs is 1. The minimum atomic E-state index is -0.195. The Morgan fingerprint density at radius 2 is 1.95 bits per heavy atom. The van der Waals surface area contributed by atoms with Crippen LogP contribution in [-0.2, 0) is 6.54 Å². The Hall–Kier alpha value is -3.40. The second-order valence-corrected chi connectivity index (χ2v) is 10.8. The molecule has 1 aliphatic carbocycles. The zero-order valence-corrected chi connectivity index (χ0v) is 22.5. The number of nitrogens with one attached hydrogen (secondary N) is 1. The first-order chi connectivity index (χ1) is 18.0. The minimum absolute atomic E-state index is 0.0502. The van der Waals surface area contributed by atoms with Crippen LogP contribution in [0.1, 0.15) is 75.5 Å². The molecule has 1 N–H and O–H groups in total. The van der Waals surface area contributed by atoms with E-state index < -0.39 is 0 Å². The van der Waals surface area contributed by atoms with Crippen molar-refractivity contribution in [3.63, 3.8) is 0 Å². The molecule has 1 fully saturated rings. The number of hydrogen-bond donors (Lipinski definition) is 1. The summed E-state index contributed by atoms with van der Waals surface area (Å²) >= 11 is 1.75. The van der Waals surface area contributed by atoms with Gasteiger partial charge in [-0.1, -0.05) is 20.3 Å². The molecule has 0 spiro atoms. The molecule has 4 aromatic heterocycles. The van der Waals surface area contributed by atoms with Gasteiger partial charge in [-0.05, 0) is 51.0 Å². The third kappa shape index (κ3) is 5.34. The maximum absolute atomic E-state index is 13.7. The first kappa shape index (κ1) is 25.3. The van der Waals surface area contributed by atoms with Crippen molar-refractivity contribution in [3.05, 3.63) is 58.3 Å². The third-order valence-corrected chi connectivity index (χ3v) is 7.44. The van der Waals surface area contributed by atoms with E-state index in [2.05, 4.69) is 44.1 Å². The first-order valence-corrected chi connectivity index (χ1v) is 13.9. The van der Waals surface area contributed by atoms with E-state index in [1.54, 1.807) is 28.9 Å². The van der Waals surface area contributed by atoms with Crippen LogP contribution < -0.4 is 10.9 Å². The number of thioether (sulfide) groups is 1. The highest BCUT2D eigenvalue weighted by Crippen LogP contribution is 2.43. The number of nitrogens with zero attached hydrogens (tertiary/aromatic N) is 7. The second-order valence-electron chi connectivity index (χ2n) is 9.44. The Balaban J connectivity index is 1.55. The molecule has 0 radical (unpaired) electrons. The molecule has 4 aromatic rings. The minimum Gasteiger partial charge on any atom is -0.360 e. The smallest absolute Gasteiger partial charge is 0.295 e. The van der Waals surface area contributed by atoms with Crippen LogP contribution in [0.2, 0.25) is 0 Å². The van der Waals surface area contributed by atoms with Crippen LogP contribution in [0, 0.1) is 6.92 Å². The largest absolute Gasteiger partial charge is 0.360 e. The topological polar surface area (TPSA) is 111 Å². The Morgan fingerprint density at radius 1 is 1.11 bits per heavy atom. The number of rotatable bonds is 10. The molecule has 4 heterocycles. The lowest BCUT2D eigenvalue weighted by Crippen LogP contribution is -2.28. The molecule has 0 bridgehead atoms. The SMILES string of the molecule is CCC[C@@H](C)n1c(=O)c(NCc2ccc(SCC)cn2)nc2cnc(-c3c(C)ncnc3C3CC3)nc21. The number of pyridine rings is 1. The first-order valence-electron chi connectivity index (χ1n) is 12.9. The summed E-state index contributed by atoms with van der Waals surface area (Å²) in [5, 5.41) is 3.21. The van der Waals surface area contributed by atoms with Gasteiger partial charge in [-0.3, -0.25) is 14.3 Å². The lowest BCUT2D eigenvalue weighted by Gasteiger charge is -2.19. The van der Waals surface area contributed by atoms with Crippen molar-refractivity contribution in [2.45, 2.75) is 76.8 Å². The van der Waals surface area contributed by atoms with Crippen molar-refractivity contribution in [1.82, 2.24) is 34.5 Å². The van der Waals surface area contributed by atoms with E-state index in [0.29, 0.717) is 29.5 Å². The van der Waals surface area contributed by atoms with Gasteiger partial charge in [-0.15, -0.1) is 11.8 Å². The predicted molar refractivity (Wildman–Crippen MR) is 147 cm³/mol. The summed E-state index contributed by atoms with van der Waals surface area (Å²) in [6.45, 7) is 8.63. The highest BCUT2D eigenvalue weighted by Gasteiger charge is 2.30. The fraction of sp³-hybridized carbons (Fsp3) is 0.444.